The molecule has 0 radical (unpaired) electrons. The van der Waals surface area contributed by atoms with E-state index in [2.05, 4.69) is 25.8 Å². The molecular weight excluding hydrogens is 366 g/mol. The van der Waals surface area contributed by atoms with E-state index in [0.29, 0.717) is 25.2 Å². The van der Waals surface area contributed by atoms with Gasteiger partial charge in [0.1, 0.15) is 5.76 Å². The monoisotopic (exact) mass is 397 g/mol. The predicted molar refractivity (Wildman–Crippen MR) is 115 cm³/mol. The van der Waals surface area contributed by atoms with Gasteiger partial charge in [0, 0.05) is 32.2 Å². The Kier molecular flexibility index (Phi) is 7.69. The molecule has 1 unspecified atom stereocenters. The maximum absolute atomic E-state index is 12.0. The number of nitrogens with zero attached hydrogens (tertiary/aromatic N) is 2. The fourth-order valence-corrected chi connectivity index (χ4v) is 3.63. The molecule has 1 amide bonds. The van der Waals surface area contributed by atoms with Crippen LogP contribution < -0.4 is 16.0 Å². The van der Waals surface area contributed by atoms with Crippen molar-refractivity contribution in [3.63, 3.8) is 0 Å². The Morgan fingerprint density at radius 3 is 2.69 bits per heavy atom. The molecule has 1 fully saturated rings. The lowest BCUT2D eigenvalue weighted by Crippen LogP contribution is -2.42. The highest BCUT2D eigenvalue weighted by atomic mass is 16.3. The zero-order valence-corrected chi connectivity index (χ0v) is 17.3. The SMILES string of the molecule is CCNC(=O)c1cccc(CNC(=NC)NCC(c2ccco2)N2CCCC2)c1. The number of benzene rings is 1. The molecule has 1 aliphatic rings. The summed E-state index contributed by atoms with van der Waals surface area (Å²) >= 11 is 0. The van der Waals surface area contributed by atoms with Gasteiger partial charge in [-0.2, -0.15) is 0 Å². The van der Waals surface area contributed by atoms with Gasteiger partial charge in [-0.15, -0.1) is 0 Å². The van der Waals surface area contributed by atoms with Crippen LogP contribution in [-0.2, 0) is 6.54 Å². The quantitative estimate of drug-likeness (QED) is 0.471. The zero-order valence-electron chi connectivity index (χ0n) is 17.3. The first kappa shape index (κ1) is 20.9. The standard InChI is InChI=1S/C22H31N5O2/c1-3-24-21(28)18-9-6-8-17(14-18)15-25-22(23-2)26-16-19(20-10-7-13-29-20)27-11-4-5-12-27/h6-10,13-14,19H,3-5,11-12,15-16H2,1-2H3,(H,24,28)(H2,23,25,26). The van der Waals surface area contributed by atoms with Crippen molar-refractivity contribution in [3.05, 3.63) is 59.5 Å². The molecule has 0 bridgehead atoms. The van der Waals surface area contributed by atoms with E-state index in [1.54, 1.807) is 13.3 Å². The summed E-state index contributed by atoms with van der Waals surface area (Å²) in [5, 5.41) is 9.58. The number of likely N-dealkylation sites (tertiary alicyclic amines) is 1. The van der Waals surface area contributed by atoms with Gasteiger partial charge in [-0.05, 0) is 62.7 Å². The van der Waals surface area contributed by atoms with Crippen molar-refractivity contribution in [3.8, 4) is 0 Å². The van der Waals surface area contributed by atoms with Gasteiger partial charge in [0.2, 0.25) is 0 Å². The van der Waals surface area contributed by atoms with Crippen LogP contribution in [0.1, 0.15) is 47.5 Å². The molecule has 7 nitrogen and oxygen atoms in total. The highest BCUT2D eigenvalue weighted by molar-refractivity contribution is 5.94. The van der Waals surface area contributed by atoms with E-state index in [9.17, 15) is 4.79 Å². The number of guanidine groups is 1. The van der Waals surface area contributed by atoms with Crippen LogP contribution >= 0.6 is 0 Å². The Labute approximate surface area is 172 Å². The Bertz CT molecular complexity index is 797. The summed E-state index contributed by atoms with van der Waals surface area (Å²) in [4.78, 5) is 18.8. The van der Waals surface area contributed by atoms with Crippen LogP contribution in [0.5, 0.6) is 0 Å². The van der Waals surface area contributed by atoms with E-state index in [1.807, 2.05) is 43.3 Å². The van der Waals surface area contributed by atoms with Crippen molar-refractivity contribution in [2.24, 2.45) is 4.99 Å². The maximum Gasteiger partial charge on any atom is 0.251 e. The number of carbonyl (C=O) groups is 1. The molecule has 1 atom stereocenters. The average molecular weight is 398 g/mol. The van der Waals surface area contributed by atoms with E-state index in [0.717, 1.165) is 30.4 Å². The lowest BCUT2D eigenvalue weighted by molar-refractivity contribution is 0.0955. The van der Waals surface area contributed by atoms with Gasteiger partial charge >= 0.3 is 0 Å². The van der Waals surface area contributed by atoms with Crippen molar-refractivity contribution in [1.29, 1.82) is 0 Å². The van der Waals surface area contributed by atoms with Crippen LogP contribution in [0.2, 0.25) is 0 Å². The zero-order chi connectivity index (χ0) is 20.5. The Hall–Kier alpha value is -2.80. The Morgan fingerprint density at radius 2 is 2.00 bits per heavy atom. The molecule has 1 aromatic carbocycles. The molecule has 3 rings (SSSR count). The molecule has 3 N–H and O–H groups in total. The number of hydrogen-bond acceptors (Lipinski definition) is 4. The number of furan rings is 1. The summed E-state index contributed by atoms with van der Waals surface area (Å²) in [5.74, 6) is 1.65. The first-order valence-electron chi connectivity index (χ1n) is 10.3. The van der Waals surface area contributed by atoms with Gasteiger partial charge in [0.15, 0.2) is 5.96 Å². The van der Waals surface area contributed by atoms with Crippen molar-refractivity contribution in [1.82, 2.24) is 20.9 Å². The van der Waals surface area contributed by atoms with Crippen LogP contribution in [-0.4, -0.2) is 50.0 Å². The largest absolute Gasteiger partial charge is 0.468 e. The lowest BCUT2D eigenvalue weighted by atomic mass is 10.1. The topological polar surface area (TPSA) is 81.9 Å². The maximum atomic E-state index is 12.0. The highest BCUT2D eigenvalue weighted by Crippen LogP contribution is 2.24. The van der Waals surface area contributed by atoms with Gasteiger partial charge in [-0.1, -0.05) is 12.1 Å². The van der Waals surface area contributed by atoms with Gasteiger partial charge < -0.3 is 20.4 Å². The van der Waals surface area contributed by atoms with Crippen LogP contribution in [0, 0.1) is 0 Å². The van der Waals surface area contributed by atoms with Crippen molar-refractivity contribution < 1.29 is 9.21 Å². The first-order valence-corrected chi connectivity index (χ1v) is 10.3. The predicted octanol–water partition coefficient (Wildman–Crippen LogP) is 2.53. The van der Waals surface area contributed by atoms with Gasteiger partial charge in [-0.3, -0.25) is 14.7 Å². The summed E-state index contributed by atoms with van der Waals surface area (Å²) in [6, 6.07) is 11.8. The molecule has 7 heteroatoms. The number of hydrogen-bond donors (Lipinski definition) is 3. The third kappa shape index (κ3) is 5.84. The van der Waals surface area contributed by atoms with Crippen molar-refractivity contribution in [2.75, 3.05) is 33.2 Å². The molecule has 1 aliphatic heterocycles. The molecule has 1 aromatic heterocycles. The number of carbonyl (C=O) groups excluding carboxylic acids is 1. The second kappa shape index (κ2) is 10.7. The van der Waals surface area contributed by atoms with E-state index in [1.165, 1.54) is 12.8 Å². The number of aliphatic imine (C=N–C) groups is 1. The molecule has 0 spiro atoms. The second-order valence-corrected chi connectivity index (χ2v) is 7.14. The van der Waals surface area contributed by atoms with E-state index >= 15 is 0 Å². The molecular formula is C22H31N5O2. The number of rotatable bonds is 8. The lowest BCUT2D eigenvalue weighted by Gasteiger charge is -2.26. The minimum absolute atomic E-state index is 0.0521. The average Bonchev–Trinajstić information content (AvgIpc) is 3.46. The summed E-state index contributed by atoms with van der Waals surface area (Å²) < 4.78 is 5.68. The third-order valence-corrected chi connectivity index (χ3v) is 5.13. The molecule has 156 valence electrons. The van der Waals surface area contributed by atoms with Gasteiger partial charge in [0.25, 0.3) is 5.91 Å². The van der Waals surface area contributed by atoms with Gasteiger partial charge in [-0.25, -0.2) is 0 Å². The first-order chi connectivity index (χ1) is 14.2. The molecule has 0 aliphatic carbocycles. The van der Waals surface area contributed by atoms with Crippen LogP contribution in [0.25, 0.3) is 0 Å². The van der Waals surface area contributed by atoms with Crippen LogP contribution in [0.3, 0.4) is 0 Å². The van der Waals surface area contributed by atoms with E-state index in [4.69, 9.17) is 4.42 Å². The highest BCUT2D eigenvalue weighted by Gasteiger charge is 2.25. The molecule has 2 aromatic rings. The van der Waals surface area contributed by atoms with Gasteiger partial charge in [0.05, 0.1) is 12.3 Å². The van der Waals surface area contributed by atoms with Crippen molar-refractivity contribution in [2.45, 2.75) is 32.4 Å². The van der Waals surface area contributed by atoms with Crippen molar-refractivity contribution >= 4 is 11.9 Å². The normalized spacial score (nSPS) is 15.9. The summed E-state index contributed by atoms with van der Waals surface area (Å²) in [5.41, 5.74) is 1.69. The minimum Gasteiger partial charge on any atom is -0.468 e. The number of nitrogens with one attached hydrogen (secondary N) is 3. The fraction of sp³-hybridized carbons (Fsp3) is 0.455. The van der Waals surface area contributed by atoms with Crippen LogP contribution in [0.4, 0.5) is 0 Å². The third-order valence-electron chi connectivity index (χ3n) is 5.13. The molecule has 0 saturated carbocycles. The molecule has 29 heavy (non-hydrogen) atoms. The second-order valence-electron chi connectivity index (χ2n) is 7.14. The van der Waals surface area contributed by atoms with E-state index in [-0.39, 0.29) is 11.9 Å². The molecule has 2 heterocycles. The van der Waals surface area contributed by atoms with E-state index < -0.39 is 0 Å². The molecule has 1 saturated heterocycles. The summed E-state index contributed by atoms with van der Waals surface area (Å²) in [7, 11) is 1.76. The number of amides is 1. The Balaban J connectivity index is 1.56. The Morgan fingerprint density at radius 1 is 1.17 bits per heavy atom. The summed E-state index contributed by atoms with van der Waals surface area (Å²) in [6.07, 6.45) is 4.19. The van der Waals surface area contributed by atoms with Crippen LogP contribution in [0.15, 0.2) is 52.1 Å². The fourth-order valence-electron chi connectivity index (χ4n) is 3.63. The smallest absolute Gasteiger partial charge is 0.251 e. The summed E-state index contributed by atoms with van der Waals surface area (Å²) in [6.45, 7) is 6.01. The minimum atomic E-state index is -0.0521.